The number of carbonyl (C=O) groups is 1. The summed E-state index contributed by atoms with van der Waals surface area (Å²) < 4.78 is 4.88. The van der Waals surface area contributed by atoms with E-state index in [1.807, 2.05) is 6.26 Å². The highest BCUT2D eigenvalue weighted by atomic mass is 32.2. The third-order valence-electron chi connectivity index (χ3n) is 1.74. The molecule has 0 saturated heterocycles. The van der Waals surface area contributed by atoms with Crippen molar-refractivity contribution in [2.24, 2.45) is 0 Å². The molecule has 0 heterocycles. The summed E-state index contributed by atoms with van der Waals surface area (Å²) in [5.41, 5.74) is 6.93. The number of esters is 1. The minimum atomic E-state index is -0.303. The predicted octanol–water partition coefficient (Wildman–Crippen LogP) is 2.17. The molecule has 1 aromatic carbocycles. The SMILES string of the molecule is CCOC(=O)c1ccc(N)c(SC)c1. The largest absolute Gasteiger partial charge is 0.462 e. The van der Waals surface area contributed by atoms with Gasteiger partial charge in [-0.25, -0.2) is 4.79 Å². The molecule has 0 fully saturated rings. The van der Waals surface area contributed by atoms with Crippen LogP contribution in [-0.4, -0.2) is 18.8 Å². The number of rotatable bonds is 3. The highest BCUT2D eigenvalue weighted by molar-refractivity contribution is 7.98. The first-order valence-electron chi connectivity index (χ1n) is 4.29. The van der Waals surface area contributed by atoms with Gasteiger partial charge in [-0.2, -0.15) is 0 Å². The fourth-order valence-electron chi connectivity index (χ4n) is 1.05. The zero-order chi connectivity index (χ0) is 10.6. The Labute approximate surface area is 87.6 Å². The third kappa shape index (κ3) is 2.42. The van der Waals surface area contributed by atoms with Gasteiger partial charge in [0.1, 0.15) is 0 Å². The van der Waals surface area contributed by atoms with Gasteiger partial charge in [0.15, 0.2) is 0 Å². The zero-order valence-electron chi connectivity index (χ0n) is 8.24. The first-order chi connectivity index (χ1) is 6.69. The Kier molecular flexibility index (Phi) is 3.83. The highest BCUT2D eigenvalue weighted by Gasteiger charge is 2.08. The quantitative estimate of drug-likeness (QED) is 0.473. The molecular weight excluding hydrogens is 198 g/mol. The topological polar surface area (TPSA) is 52.3 Å². The van der Waals surface area contributed by atoms with E-state index in [0.717, 1.165) is 4.90 Å². The van der Waals surface area contributed by atoms with Gasteiger partial charge in [0.05, 0.1) is 12.2 Å². The first kappa shape index (κ1) is 10.9. The Hall–Kier alpha value is -1.16. The molecular formula is C10H13NO2S. The fraction of sp³-hybridized carbons (Fsp3) is 0.300. The Bertz CT molecular complexity index is 339. The standard InChI is InChI=1S/C10H13NO2S/c1-3-13-10(12)7-4-5-8(11)9(6-7)14-2/h4-6H,3,11H2,1-2H3. The van der Waals surface area contributed by atoms with E-state index in [9.17, 15) is 4.79 Å². The Balaban J connectivity index is 2.94. The smallest absolute Gasteiger partial charge is 0.338 e. The summed E-state index contributed by atoms with van der Waals surface area (Å²) in [6, 6.07) is 5.14. The van der Waals surface area contributed by atoms with Gasteiger partial charge in [0.2, 0.25) is 0 Å². The van der Waals surface area contributed by atoms with Crippen molar-refractivity contribution in [2.75, 3.05) is 18.6 Å². The second kappa shape index (κ2) is 4.91. The lowest BCUT2D eigenvalue weighted by molar-refractivity contribution is 0.0526. The molecule has 0 aliphatic rings. The van der Waals surface area contributed by atoms with E-state index in [4.69, 9.17) is 10.5 Å². The van der Waals surface area contributed by atoms with Crippen LogP contribution in [0.4, 0.5) is 5.69 Å². The number of thioether (sulfide) groups is 1. The molecule has 14 heavy (non-hydrogen) atoms. The monoisotopic (exact) mass is 211 g/mol. The summed E-state index contributed by atoms with van der Waals surface area (Å²) in [5.74, 6) is -0.303. The van der Waals surface area contributed by atoms with Gasteiger partial charge in [-0.1, -0.05) is 0 Å². The molecule has 1 rings (SSSR count). The number of anilines is 1. The van der Waals surface area contributed by atoms with Crippen LogP contribution in [0.25, 0.3) is 0 Å². The second-order valence-electron chi connectivity index (χ2n) is 2.68. The highest BCUT2D eigenvalue weighted by Crippen LogP contribution is 2.23. The van der Waals surface area contributed by atoms with Crippen LogP contribution in [0.15, 0.2) is 23.1 Å². The summed E-state index contributed by atoms with van der Waals surface area (Å²) >= 11 is 1.51. The van der Waals surface area contributed by atoms with Crippen LogP contribution >= 0.6 is 11.8 Å². The van der Waals surface area contributed by atoms with Crippen molar-refractivity contribution in [3.8, 4) is 0 Å². The lowest BCUT2D eigenvalue weighted by Gasteiger charge is -2.05. The molecule has 3 nitrogen and oxygen atoms in total. The number of ether oxygens (including phenoxy) is 1. The van der Waals surface area contributed by atoms with Crippen molar-refractivity contribution >= 4 is 23.4 Å². The molecule has 0 radical (unpaired) electrons. The van der Waals surface area contributed by atoms with Gasteiger partial charge in [0.25, 0.3) is 0 Å². The fourth-order valence-corrected chi connectivity index (χ4v) is 1.60. The maximum Gasteiger partial charge on any atom is 0.338 e. The van der Waals surface area contributed by atoms with E-state index >= 15 is 0 Å². The van der Waals surface area contributed by atoms with Gasteiger partial charge in [-0.3, -0.25) is 0 Å². The average molecular weight is 211 g/mol. The lowest BCUT2D eigenvalue weighted by atomic mass is 10.2. The van der Waals surface area contributed by atoms with Crippen molar-refractivity contribution in [1.29, 1.82) is 0 Å². The van der Waals surface area contributed by atoms with Crippen LogP contribution in [0.1, 0.15) is 17.3 Å². The minimum absolute atomic E-state index is 0.303. The van der Waals surface area contributed by atoms with Crippen molar-refractivity contribution in [2.45, 2.75) is 11.8 Å². The van der Waals surface area contributed by atoms with Gasteiger partial charge >= 0.3 is 5.97 Å². The molecule has 0 bridgehead atoms. The van der Waals surface area contributed by atoms with Gasteiger partial charge in [-0.05, 0) is 31.4 Å². The average Bonchev–Trinajstić information content (AvgIpc) is 2.19. The Morgan fingerprint density at radius 2 is 2.29 bits per heavy atom. The minimum Gasteiger partial charge on any atom is -0.462 e. The predicted molar refractivity (Wildman–Crippen MR) is 58.6 cm³/mol. The molecule has 0 unspecified atom stereocenters. The number of carbonyl (C=O) groups excluding carboxylic acids is 1. The number of benzene rings is 1. The Morgan fingerprint density at radius 3 is 2.86 bits per heavy atom. The second-order valence-corrected chi connectivity index (χ2v) is 3.53. The van der Waals surface area contributed by atoms with Crippen LogP contribution in [0, 0.1) is 0 Å². The van der Waals surface area contributed by atoms with E-state index < -0.39 is 0 Å². The lowest BCUT2D eigenvalue weighted by Crippen LogP contribution is -2.05. The molecule has 1 aromatic rings. The van der Waals surface area contributed by atoms with E-state index in [2.05, 4.69) is 0 Å². The maximum atomic E-state index is 11.4. The van der Waals surface area contributed by atoms with E-state index in [1.165, 1.54) is 11.8 Å². The van der Waals surface area contributed by atoms with Crippen molar-refractivity contribution in [3.63, 3.8) is 0 Å². The van der Waals surface area contributed by atoms with Crippen LogP contribution in [0.5, 0.6) is 0 Å². The van der Waals surface area contributed by atoms with Gasteiger partial charge in [-0.15, -0.1) is 11.8 Å². The van der Waals surface area contributed by atoms with Gasteiger partial charge < -0.3 is 10.5 Å². The molecule has 4 heteroatoms. The molecule has 0 aromatic heterocycles. The van der Waals surface area contributed by atoms with E-state index in [0.29, 0.717) is 17.9 Å². The first-order valence-corrected chi connectivity index (χ1v) is 5.52. The third-order valence-corrected chi connectivity index (χ3v) is 2.54. The summed E-state index contributed by atoms with van der Waals surface area (Å²) in [7, 11) is 0. The van der Waals surface area contributed by atoms with Crippen molar-refractivity contribution in [1.82, 2.24) is 0 Å². The maximum absolute atomic E-state index is 11.4. The zero-order valence-corrected chi connectivity index (χ0v) is 9.06. The summed E-state index contributed by atoms with van der Waals surface area (Å²) in [6.07, 6.45) is 1.92. The molecule has 76 valence electrons. The molecule has 0 saturated carbocycles. The summed E-state index contributed by atoms with van der Waals surface area (Å²) in [6.45, 7) is 2.17. The molecule has 0 aliphatic carbocycles. The number of nitrogen functional groups attached to an aromatic ring is 1. The van der Waals surface area contributed by atoms with Crippen LogP contribution in [0.3, 0.4) is 0 Å². The van der Waals surface area contributed by atoms with Crippen LogP contribution < -0.4 is 5.73 Å². The van der Waals surface area contributed by atoms with E-state index in [1.54, 1.807) is 25.1 Å². The molecule has 0 aliphatic heterocycles. The molecule has 0 atom stereocenters. The molecule has 2 N–H and O–H groups in total. The molecule has 0 amide bonds. The number of hydrogen-bond donors (Lipinski definition) is 1. The summed E-state index contributed by atoms with van der Waals surface area (Å²) in [4.78, 5) is 12.3. The van der Waals surface area contributed by atoms with Gasteiger partial charge in [0, 0.05) is 10.6 Å². The number of nitrogens with two attached hydrogens (primary N) is 1. The van der Waals surface area contributed by atoms with Crippen LogP contribution in [-0.2, 0) is 4.74 Å². The molecule has 0 spiro atoms. The summed E-state index contributed by atoms with van der Waals surface area (Å²) in [5, 5.41) is 0. The normalized spacial score (nSPS) is 9.86. The van der Waals surface area contributed by atoms with Crippen LogP contribution in [0.2, 0.25) is 0 Å². The number of hydrogen-bond acceptors (Lipinski definition) is 4. The van der Waals surface area contributed by atoms with E-state index in [-0.39, 0.29) is 5.97 Å². The Morgan fingerprint density at radius 1 is 1.57 bits per heavy atom. The van der Waals surface area contributed by atoms with Crippen molar-refractivity contribution in [3.05, 3.63) is 23.8 Å². The van der Waals surface area contributed by atoms with Crippen molar-refractivity contribution < 1.29 is 9.53 Å².